The van der Waals surface area contributed by atoms with Gasteiger partial charge in [0.15, 0.2) is 0 Å². The molecule has 1 N–H and O–H groups in total. The van der Waals surface area contributed by atoms with E-state index in [1.54, 1.807) is 0 Å². The zero-order chi connectivity index (χ0) is 14.8. The van der Waals surface area contributed by atoms with Crippen LogP contribution >= 0.6 is 27.5 Å². The number of pyridine rings is 1. The van der Waals surface area contributed by atoms with Crippen LogP contribution in [0.2, 0.25) is 5.15 Å². The Morgan fingerprint density at radius 3 is 2.55 bits per heavy atom. The first-order valence-electron chi connectivity index (χ1n) is 5.26. The van der Waals surface area contributed by atoms with Crippen LogP contribution in [0.15, 0.2) is 45.9 Å². The molecule has 0 saturated carbocycles. The molecule has 1 aromatic heterocycles. The second-order valence-electron chi connectivity index (χ2n) is 3.74. The Bertz CT molecular complexity index is 785. The highest BCUT2D eigenvalue weighted by Crippen LogP contribution is 2.25. The molecule has 0 aliphatic heterocycles. The summed E-state index contributed by atoms with van der Waals surface area (Å²) >= 11 is 8.94. The molecule has 2 aromatic rings. The number of nitrogens with one attached hydrogen (secondary N) is 1. The Balaban J connectivity index is 2.35. The monoisotopic (exact) mass is 371 g/mol. The molecular formula is C12H7BrClN3O2S. The first-order valence-corrected chi connectivity index (χ1v) is 7.92. The minimum Gasteiger partial charge on any atom is -0.280 e. The Hall–Kier alpha value is -1.62. The Morgan fingerprint density at radius 2 is 1.95 bits per heavy atom. The molecule has 0 fully saturated rings. The number of nitriles is 1. The van der Waals surface area contributed by atoms with Crippen molar-refractivity contribution in [3.05, 3.63) is 51.7 Å². The van der Waals surface area contributed by atoms with Gasteiger partial charge in [0.25, 0.3) is 10.0 Å². The van der Waals surface area contributed by atoms with Gasteiger partial charge in [-0.15, -0.1) is 0 Å². The average Bonchev–Trinajstić information content (AvgIpc) is 2.42. The third-order valence-electron chi connectivity index (χ3n) is 2.33. The highest BCUT2D eigenvalue weighted by molar-refractivity contribution is 9.10. The van der Waals surface area contributed by atoms with Crippen LogP contribution in [0, 0.1) is 11.3 Å². The van der Waals surface area contributed by atoms with E-state index in [9.17, 15) is 8.42 Å². The number of nitrogens with zero attached hydrogens (tertiary/aromatic N) is 2. The number of aromatic nitrogens is 1. The van der Waals surface area contributed by atoms with Gasteiger partial charge in [-0.2, -0.15) is 5.26 Å². The molecule has 20 heavy (non-hydrogen) atoms. The van der Waals surface area contributed by atoms with Crippen molar-refractivity contribution >= 4 is 43.2 Å². The molecule has 0 radical (unpaired) electrons. The number of benzene rings is 1. The molecule has 0 aliphatic carbocycles. The number of hydrogen-bond acceptors (Lipinski definition) is 4. The van der Waals surface area contributed by atoms with Gasteiger partial charge in [-0.1, -0.05) is 11.6 Å². The minimum atomic E-state index is -3.84. The number of rotatable bonds is 3. The van der Waals surface area contributed by atoms with E-state index in [4.69, 9.17) is 16.9 Å². The highest BCUT2D eigenvalue weighted by Gasteiger charge is 2.19. The predicted molar refractivity (Wildman–Crippen MR) is 78.9 cm³/mol. The zero-order valence-electron chi connectivity index (χ0n) is 9.84. The molecule has 8 heteroatoms. The molecular weight excluding hydrogens is 366 g/mol. The molecule has 102 valence electrons. The molecule has 0 aliphatic rings. The van der Waals surface area contributed by atoms with Gasteiger partial charge in [0.1, 0.15) is 10.0 Å². The Kier molecular flexibility index (Phi) is 4.28. The number of sulfonamides is 1. The maximum atomic E-state index is 12.2. The van der Waals surface area contributed by atoms with Gasteiger partial charge >= 0.3 is 0 Å². The summed E-state index contributed by atoms with van der Waals surface area (Å²) in [5, 5.41) is 8.57. The summed E-state index contributed by atoms with van der Waals surface area (Å²) in [7, 11) is -3.84. The van der Waals surface area contributed by atoms with Crippen molar-refractivity contribution < 1.29 is 8.42 Å². The first-order chi connectivity index (χ1) is 9.42. The SMILES string of the molecule is N#Cc1ccc(NS(=O)(=O)c2cc(Br)cnc2Cl)cc1. The van der Waals surface area contributed by atoms with Gasteiger partial charge in [0.05, 0.1) is 11.6 Å². The van der Waals surface area contributed by atoms with Crippen molar-refractivity contribution in [2.45, 2.75) is 4.90 Å². The van der Waals surface area contributed by atoms with Crippen molar-refractivity contribution in [2.75, 3.05) is 4.72 Å². The standard InChI is InChI=1S/C12H7BrClN3O2S/c13-9-5-11(12(14)16-7-9)20(18,19)17-10-3-1-8(6-15)2-4-10/h1-5,7,17H. The number of hydrogen-bond donors (Lipinski definition) is 1. The summed E-state index contributed by atoms with van der Waals surface area (Å²) < 4.78 is 27.3. The maximum Gasteiger partial charge on any atom is 0.265 e. The van der Waals surface area contributed by atoms with Crippen LogP contribution in [-0.4, -0.2) is 13.4 Å². The van der Waals surface area contributed by atoms with Gasteiger partial charge in [0.2, 0.25) is 0 Å². The molecule has 0 amide bonds. The summed E-state index contributed by atoms with van der Waals surface area (Å²) in [6, 6.07) is 9.33. The van der Waals surface area contributed by atoms with E-state index in [-0.39, 0.29) is 10.0 Å². The lowest BCUT2D eigenvalue weighted by molar-refractivity contribution is 0.601. The fourth-order valence-corrected chi connectivity index (χ4v) is 3.42. The quantitative estimate of drug-likeness (QED) is 0.839. The minimum absolute atomic E-state index is 0.116. The predicted octanol–water partition coefficient (Wildman–Crippen LogP) is 3.17. The van der Waals surface area contributed by atoms with E-state index in [1.165, 1.54) is 36.5 Å². The van der Waals surface area contributed by atoms with Crippen LogP contribution in [0.5, 0.6) is 0 Å². The second kappa shape index (κ2) is 5.79. The molecule has 1 heterocycles. The number of anilines is 1. The van der Waals surface area contributed by atoms with E-state index in [0.29, 0.717) is 15.7 Å². The number of halogens is 2. The Labute approximate surface area is 129 Å². The molecule has 0 unspecified atom stereocenters. The van der Waals surface area contributed by atoms with Gasteiger partial charge in [-0.25, -0.2) is 13.4 Å². The second-order valence-corrected chi connectivity index (χ2v) is 6.66. The van der Waals surface area contributed by atoms with Crippen molar-refractivity contribution in [3.63, 3.8) is 0 Å². The topological polar surface area (TPSA) is 82.9 Å². The zero-order valence-corrected chi connectivity index (χ0v) is 13.0. The summed E-state index contributed by atoms with van der Waals surface area (Å²) in [5.41, 5.74) is 0.773. The van der Waals surface area contributed by atoms with Crippen molar-refractivity contribution in [3.8, 4) is 6.07 Å². The van der Waals surface area contributed by atoms with E-state index in [1.807, 2.05) is 6.07 Å². The molecule has 1 aromatic carbocycles. The van der Waals surface area contributed by atoms with Crippen molar-refractivity contribution in [1.82, 2.24) is 4.98 Å². The molecule has 5 nitrogen and oxygen atoms in total. The summed E-state index contributed by atoms with van der Waals surface area (Å²) in [6.45, 7) is 0. The van der Waals surface area contributed by atoms with Gasteiger partial charge in [0, 0.05) is 16.4 Å². The molecule has 0 bridgehead atoms. The molecule has 0 atom stereocenters. The van der Waals surface area contributed by atoms with Crippen LogP contribution in [0.1, 0.15) is 5.56 Å². The van der Waals surface area contributed by atoms with E-state index in [2.05, 4.69) is 25.6 Å². The summed E-state index contributed by atoms with van der Waals surface area (Å²) in [6.07, 6.45) is 1.41. The smallest absolute Gasteiger partial charge is 0.265 e. The van der Waals surface area contributed by atoms with E-state index >= 15 is 0 Å². The van der Waals surface area contributed by atoms with Crippen LogP contribution in [0.4, 0.5) is 5.69 Å². The summed E-state index contributed by atoms with van der Waals surface area (Å²) in [4.78, 5) is 3.64. The van der Waals surface area contributed by atoms with Crippen LogP contribution in [-0.2, 0) is 10.0 Å². The average molecular weight is 373 g/mol. The maximum absolute atomic E-state index is 12.2. The third kappa shape index (κ3) is 3.28. The third-order valence-corrected chi connectivity index (χ3v) is 4.57. The summed E-state index contributed by atoms with van der Waals surface area (Å²) in [5.74, 6) is 0. The van der Waals surface area contributed by atoms with E-state index < -0.39 is 10.0 Å². The van der Waals surface area contributed by atoms with Crippen molar-refractivity contribution in [1.29, 1.82) is 5.26 Å². The van der Waals surface area contributed by atoms with E-state index in [0.717, 1.165) is 0 Å². The fraction of sp³-hybridized carbons (Fsp3) is 0. The lowest BCUT2D eigenvalue weighted by Gasteiger charge is -2.09. The van der Waals surface area contributed by atoms with Gasteiger partial charge < -0.3 is 0 Å². The van der Waals surface area contributed by atoms with Crippen LogP contribution in [0.25, 0.3) is 0 Å². The van der Waals surface area contributed by atoms with Crippen LogP contribution < -0.4 is 4.72 Å². The highest BCUT2D eigenvalue weighted by atomic mass is 79.9. The Morgan fingerprint density at radius 1 is 1.30 bits per heavy atom. The largest absolute Gasteiger partial charge is 0.280 e. The lowest BCUT2D eigenvalue weighted by Crippen LogP contribution is -2.14. The van der Waals surface area contributed by atoms with Gasteiger partial charge in [-0.3, -0.25) is 4.72 Å². The van der Waals surface area contributed by atoms with Crippen molar-refractivity contribution in [2.24, 2.45) is 0 Å². The van der Waals surface area contributed by atoms with Gasteiger partial charge in [-0.05, 0) is 46.3 Å². The normalized spacial score (nSPS) is 10.8. The fourth-order valence-electron chi connectivity index (χ4n) is 1.42. The molecule has 0 spiro atoms. The molecule has 0 saturated heterocycles. The van der Waals surface area contributed by atoms with Crippen LogP contribution in [0.3, 0.4) is 0 Å². The lowest BCUT2D eigenvalue weighted by atomic mass is 10.2. The molecule has 2 rings (SSSR count). The first kappa shape index (κ1) is 14.8.